The molecule has 0 saturated heterocycles. The number of benzene rings is 2. The lowest BCUT2D eigenvalue weighted by Gasteiger charge is -2.08. The Kier molecular flexibility index (Phi) is 5.31. The first-order chi connectivity index (χ1) is 11.2. The normalized spacial score (nSPS) is 10.7. The van der Waals surface area contributed by atoms with Crippen molar-refractivity contribution >= 4 is 50.2 Å². The number of halogens is 1. The Labute approximate surface area is 147 Å². The fourth-order valence-electron chi connectivity index (χ4n) is 2.28. The first-order valence-electron chi connectivity index (χ1n) is 7.18. The molecular weight excluding hydrogens is 372 g/mol. The molecule has 23 heavy (non-hydrogen) atoms. The van der Waals surface area contributed by atoms with Crippen molar-refractivity contribution < 1.29 is 4.79 Å². The predicted molar refractivity (Wildman–Crippen MR) is 101 cm³/mol. The number of fused-ring (bicyclic) bond motifs is 1. The summed E-state index contributed by atoms with van der Waals surface area (Å²) >= 11 is 5.05. The zero-order chi connectivity index (χ0) is 16.1. The molecule has 1 amide bonds. The largest absolute Gasteiger partial charge is 0.323 e. The van der Waals surface area contributed by atoms with E-state index in [1.165, 1.54) is 5.56 Å². The summed E-state index contributed by atoms with van der Waals surface area (Å²) in [5.41, 5.74) is 2.78. The lowest BCUT2D eigenvalue weighted by Crippen LogP contribution is -2.14. The van der Waals surface area contributed by atoms with Crippen LogP contribution in [-0.2, 0) is 10.5 Å². The molecule has 0 radical (unpaired) electrons. The molecule has 0 saturated carbocycles. The second-order valence-electron chi connectivity index (χ2n) is 5.05. The van der Waals surface area contributed by atoms with Gasteiger partial charge in [0, 0.05) is 21.8 Å². The smallest absolute Gasteiger partial charge is 0.234 e. The minimum absolute atomic E-state index is 0.0110. The van der Waals surface area contributed by atoms with Crippen LogP contribution in [0.25, 0.3) is 10.9 Å². The van der Waals surface area contributed by atoms with Crippen LogP contribution >= 0.6 is 27.7 Å². The molecule has 0 bridgehead atoms. The monoisotopic (exact) mass is 386 g/mol. The number of anilines is 1. The lowest BCUT2D eigenvalue weighted by molar-refractivity contribution is -0.113. The number of thioether (sulfide) groups is 1. The van der Waals surface area contributed by atoms with Gasteiger partial charge in [-0.1, -0.05) is 46.3 Å². The molecule has 0 spiro atoms. The Morgan fingerprint density at radius 1 is 1.13 bits per heavy atom. The average molecular weight is 387 g/mol. The van der Waals surface area contributed by atoms with E-state index in [2.05, 4.69) is 38.4 Å². The second-order valence-corrected chi connectivity index (χ2v) is 6.95. The summed E-state index contributed by atoms with van der Waals surface area (Å²) in [6.07, 6.45) is 1.74. The van der Waals surface area contributed by atoms with Gasteiger partial charge in [-0.25, -0.2) is 0 Å². The number of hydrogen-bond donors (Lipinski definition) is 1. The summed E-state index contributed by atoms with van der Waals surface area (Å²) in [6.45, 7) is 0. The number of nitrogens with zero attached hydrogens (tertiary/aromatic N) is 1. The number of pyridine rings is 1. The first kappa shape index (κ1) is 16.0. The van der Waals surface area contributed by atoms with Crippen molar-refractivity contribution in [1.82, 2.24) is 4.98 Å². The van der Waals surface area contributed by atoms with E-state index >= 15 is 0 Å². The number of amides is 1. The molecule has 3 aromatic rings. The van der Waals surface area contributed by atoms with E-state index in [-0.39, 0.29) is 5.91 Å². The number of carbonyl (C=O) groups is 1. The van der Waals surface area contributed by atoms with Crippen molar-refractivity contribution in [2.45, 2.75) is 5.75 Å². The van der Waals surface area contributed by atoms with Gasteiger partial charge in [0.15, 0.2) is 0 Å². The Balaban J connectivity index is 1.59. The van der Waals surface area contributed by atoms with E-state index in [1.54, 1.807) is 18.0 Å². The lowest BCUT2D eigenvalue weighted by atomic mass is 10.2. The minimum Gasteiger partial charge on any atom is -0.323 e. The van der Waals surface area contributed by atoms with Crippen LogP contribution in [0, 0.1) is 0 Å². The van der Waals surface area contributed by atoms with Gasteiger partial charge in [-0.15, -0.1) is 11.8 Å². The maximum absolute atomic E-state index is 12.1. The molecule has 1 heterocycles. The van der Waals surface area contributed by atoms with Crippen molar-refractivity contribution in [2.75, 3.05) is 11.1 Å². The maximum Gasteiger partial charge on any atom is 0.234 e. The molecule has 0 unspecified atom stereocenters. The highest BCUT2D eigenvalue weighted by molar-refractivity contribution is 9.10. The van der Waals surface area contributed by atoms with E-state index in [1.807, 2.05) is 42.5 Å². The molecule has 1 aromatic heterocycles. The van der Waals surface area contributed by atoms with Crippen molar-refractivity contribution in [1.29, 1.82) is 0 Å². The summed E-state index contributed by atoms with van der Waals surface area (Å²) < 4.78 is 1.06. The van der Waals surface area contributed by atoms with Gasteiger partial charge in [-0.2, -0.15) is 0 Å². The van der Waals surface area contributed by atoms with Crippen LogP contribution in [0.15, 0.2) is 65.3 Å². The van der Waals surface area contributed by atoms with Gasteiger partial charge >= 0.3 is 0 Å². The zero-order valence-electron chi connectivity index (χ0n) is 12.3. The molecule has 2 aromatic carbocycles. The van der Waals surface area contributed by atoms with Crippen molar-refractivity contribution in [3.63, 3.8) is 0 Å². The van der Waals surface area contributed by atoms with E-state index in [0.29, 0.717) is 5.75 Å². The fraction of sp³-hybridized carbons (Fsp3) is 0.111. The molecule has 0 aliphatic rings. The van der Waals surface area contributed by atoms with Gasteiger partial charge in [0.25, 0.3) is 0 Å². The number of para-hydroxylation sites is 1. The SMILES string of the molecule is O=C(CSCc1cccc(Br)c1)Nc1cccc2cccnc12. The third kappa shape index (κ3) is 4.33. The number of nitrogens with one attached hydrogen (secondary N) is 1. The van der Waals surface area contributed by atoms with Crippen molar-refractivity contribution in [3.05, 3.63) is 70.8 Å². The van der Waals surface area contributed by atoms with Crippen LogP contribution in [0.3, 0.4) is 0 Å². The molecule has 0 fully saturated rings. The maximum atomic E-state index is 12.1. The molecule has 116 valence electrons. The van der Waals surface area contributed by atoms with Gasteiger partial charge in [-0.3, -0.25) is 9.78 Å². The highest BCUT2D eigenvalue weighted by Crippen LogP contribution is 2.21. The van der Waals surface area contributed by atoms with Gasteiger partial charge in [-0.05, 0) is 29.8 Å². The average Bonchev–Trinajstić information content (AvgIpc) is 2.55. The molecule has 0 aliphatic carbocycles. The van der Waals surface area contributed by atoms with E-state index < -0.39 is 0 Å². The van der Waals surface area contributed by atoms with Crippen LogP contribution in [0.1, 0.15) is 5.56 Å². The standard InChI is InChI=1S/C18H15BrN2OS/c19-15-7-1-4-13(10-15)11-23-12-17(22)21-16-8-2-5-14-6-3-9-20-18(14)16/h1-10H,11-12H2,(H,21,22). The van der Waals surface area contributed by atoms with Crippen LogP contribution in [0.5, 0.6) is 0 Å². The van der Waals surface area contributed by atoms with Gasteiger partial charge in [0.05, 0.1) is 17.0 Å². The van der Waals surface area contributed by atoms with Gasteiger partial charge in [0.1, 0.15) is 0 Å². The van der Waals surface area contributed by atoms with Crippen LogP contribution in [0.4, 0.5) is 5.69 Å². The first-order valence-corrected chi connectivity index (χ1v) is 9.13. The third-order valence-electron chi connectivity index (χ3n) is 3.30. The Morgan fingerprint density at radius 2 is 1.96 bits per heavy atom. The van der Waals surface area contributed by atoms with Gasteiger partial charge < -0.3 is 5.32 Å². The number of carbonyl (C=O) groups excluding carboxylic acids is 1. The van der Waals surface area contributed by atoms with Crippen LogP contribution in [0.2, 0.25) is 0 Å². The summed E-state index contributed by atoms with van der Waals surface area (Å²) in [5, 5.41) is 3.97. The van der Waals surface area contributed by atoms with Crippen molar-refractivity contribution in [3.8, 4) is 0 Å². The topological polar surface area (TPSA) is 42.0 Å². The molecule has 0 atom stereocenters. The summed E-state index contributed by atoms with van der Waals surface area (Å²) in [5.74, 6) is 1.21. The quantitative estimate of drug-likeness (QED) is 0.679. The Bertz CT molecular complexity index is 833. The molecule has 5 heteroatoms. The Hall–Kier alpha value is -1.85. The summed E-state index contributed by atoms with van der Waals surface area (Å²) in [7, 11) is 0. The predicted octanol–water partition coefficient (Wildman–Crippen LogP) is 4.87. The zero-order valence-corrected chi connectivity index (χ0v) is 14.7. The third-order valence-corrected chi connectivity index (χ3v) is 4.79. The number of aromatic nitrogens is 1. The van der Waals surface area contributed by atoms with Gasteiger partial charge in [0.2, 0.25) is 5.91 Å². The van der Waals surface area contributed by atoms with E-state index in [9.17, 15) is 4.79 Å². The fourth-order valence-corrected chi connectivity index (χ4v) is 3.50. The molecule has 3 rings (SSSR count). The van der Waals surface area contributed by atoms with Crippen molar-refractivity contribution in [2.24, 2.45) is 0 Å². The molecular formula is C18H15BrN2OS. The molecule has 3 nitrogen and oxygen atoms in total. The second kappa shape index (κ2) is 7.62. The van der Waals surface area contributed by atoms with E-state index in [0.717, 1.165) is 26.8 Å². The molecule has 0 aliphatic heterocycles. The molecule has 1 N–H and O–H groups in total. The Morgan fingerprint density at radius 3 is 2.83 bits per heavy atom. The number of hydrogen-bond acceptors (Lipinski definition) is 3. The van der Waals surface area contributed by atoms with Crippen LogP contribution < -0.4 is 5.32 Å². The minimum atomic E-state index is -0.0110. The summed E-state index contributed by atoms with van der Waals surface area (Å²) in [4.78, 5) is 16.5. The summed E-state index contributed by atoms with van der Waals surface area (Å²) in [6, 6.07) is 17.8. The van der Waals surface area contributed by atoms with Crippen LogP contribution in [-0.4, -0.2) is 16.6 Å². The number of rotatable bonds is 5. The highest BCUT2D eigenvalue weighted by atomic mass is 79.9. The van der Waals surface area contributed by atoms with E-state index in [4.69, 9.17) is 0 Å². The highest BCUT2D eigenvalue weighted by Gasteiger charge is 2.07.